The molecule has 24 heteroatoms. The second kappa shape index (κ2) is 16.5. The van der Waals surface area contributed by atoms with E-state index in [1.807, 2.05) is 37.3 Å². The van der Waals surface area contributed by atoms with E-state index >= 15 is 0 Å². The van der Waals surface area contributed by atoms with Crippen molar-refractivity contribution in [2.24, 2.45) is 0 Å². The Labute approximate surface area is 319 Å². The molecule has 2 aromatic heterocycles. The Kier molecular flexibility index (Phi) is 12.1. The number of ether oxygens (including phenoxy) is 3. The molecule has 6 unspecified atom stereocenters. The van der Waals surface area contributed by atoms with Gasteiger partial charge in [-0.1, -0.05) is 79.7 Å². The van der Waals surface area contributed by atoms with Crippen molar-refractivity contribution >= 4 is 58.8 Å². The summed E-state index contributed by atoms with van der Waals surface area (Å²) in [6.45, 7) is 1.84. The summed E-state index contributed by atoms with van der Waals surface area (Å²) in [5.41, 5.74) is 1.99. The van der Waals surface area contributed by atoms with Crippen LogP contribution in [0.4, 0.5) is 5.82 Å². The van der Waals surface area contributed by atoms with E-state index in [-0.39, 0.29) is 5.56 Å². The van der Waals surface area contributed by atoms with Gasteiger partial charge in [-0.2, -0.15) is 8.62 Å². The third-order valence-corrected chi connectivity index (χ3v) is 15.0. The summed E-state index contributed by atoms with van der Waals surface area (Å²) in [7, 11) is -22.6. The van der Waals surface area contributed by atoms with Crippen molar-refractivity contribution in [2.45, 2.75) is 56.8 Å². The van der Waals surface area contributed by atoms with Crippen LogP contribution in [0.1, 0.15) is 30.7 Å². The first kappa shape index (κ1) is 40.9. The molecule has 0 saturated carbocycles. The van der Waals surface area contributed by atoms with Gasteiger partial charge in [-0.15, -0.1) is 0 Å². The molecule has 5 N–H and O–H groups in total. The molecule has 7 rings (SSSR count). The Morgan fingerprint density at radius 3 is 2.27 bits per heavy atom. The topological polar surface area (TPSA) is 269 Å². The summed E-state index contributed by atoms with van der Waals surface area (Å²) in [5, 5.41) is 4.43. The maximum atomic E-state index is 12.9. The third-order valence-electron chi connectivity index (χ3n) is 8.62. The van der Waals surface area contributed by atoms with Crippen LogP contribution in [0, 0.1) is 0 Å². The highest BCUT2D eigenvalue weighted by molar-refractivity contribution is 7.70. The van der Waals surface area contributed by atoms with Gasteiger partial charge in [-0.3, -0.25) is 13.7 Å². The van der Waals surface area contributed by atoms with Crippen molar-refractivity contribution in [1.82, 2.24) is 19.5 Å². The Balaban J connectivity index is 1.03. The summed E-state index contributed by atoms with van der Waals surface area (Å²) >= 11 is 0. The van der Waals surface area contributed by atoms with E-state index in [1.165, 1.54) is 18.7 Å². The van der Waals surface area contributed by atoms with Crippen LogP contribution in [-0.4, -0.2) is 76.8 Å². The number of benzene rings is 3. The number of phosphoric acid groups is 3. The second-order valence-electron chi connectivity index (χ2n) is 12.7. The predicted molar refractivity (Wildman–Crippen MR) is 198 cm³/mol. The maximum absolute atomic E-state index is 12.9. The van der Waals surface area contributed by atoms with E-state index in [2.05, 4.69) is 33.2 Å². The first-order chi connectivity index (χ1) is 26.6. The molecule has 2 fully saturated rings. The lowest BCUT2D eigenvalue weighted by Crippen LogP contribution is -2.31. The lowest BCUT2D eigenvalue weighted by Gasteiger charge is -2.23. The molecular formula is C32H37N5O15P4. The highest BCUT2D eigenvalue weighted by Gasteiger charge is 2.55. The fraction of sp³-hybridized carbons (Fsp3) is 0.344. The van der Waals surface area contributed by atoms with E-state index in [9.17, 15) is 37.8 Å². The zero-order chi connectivity index (χ0) is 39.7. The van der Waals surface area contributed by atoms with Crippen LogP contribution in [0.25, 0.3) is 21.9 Å². The van der Waals surface area contributed by atoms with Crippen LogP contribution in [0.15, 0.2) is 85.5 Å². The molecule has 0 bridgehead atoms. The normalized spacial score (nSPS) is 25.3. The molecule has 9 atom stereocenters. The Morgan fingerprint density at radius 2 is 1.48 bits per heavy atom. The van der Waals surface area contributed by atoms with Gasteiger partial charge in [-0.25, -0.2) is 33.0 Å². The molecule has 56 heavy (non-hydrogen) atoms. The molecule has 4 heterocycles. The van der Waals surface area contributed by atoms with Gasteiger partial charge < -0.3 is 39.1 Å². The minimum atomic E-state index is -6.01. The molecule has 0 amide bonds. The van der Waals surface area contributed by atoms with Gasteiger partial charge in [0.1, 0.15) is 24.6 Å². The molecule has 2 aliphatic rings. The zero-order valence-corrected chi connectivity index (χ0v) is 32.9. The summed E-state index contributed by atoms with van der Waals surface area (Å²) in [4.78, 5) is 54.3. The minimum Gasteiger partial charge on any atom is -0.368 e. The SMILES string of the molecule is CCCNc1ncnc2c1ncn2[C@@H]1O[C@H](COP(=O)(O)OP(=O)(O)OP(=O)(O)OP(=O)(O)Cc2cccc3ccccc23)C2OC(Cc3ccccc3)O[C@@H]21. The van der Waals surface area contributed by atoms with E-state index in [0.717, 1.165) is 12.0 Å². The van der Waals surface area contributed by atoms with Gasteiger partial charge in [0.05, 0.1) is 19.1 Å². The average Bonchev–Trinajstić information content (AvgIpc) is 3.83. The van der Waals surface area contributed by atoms with Crippen LogP contribution < -0.4 is 5.32 Å². The summed E-state index contributed by atoms with van der Waals surface area (Å²) in [6, 6.07) is 21.0. The fourth-order valence-corrected chi connectivity index (χ4v) is 12.0. The van der Waals surface area contributed by atoms with Gasteiger partial charge in [-0.05, 0) is 28.3 Å². The molecular weight excluding hydrogens is 818 g/mol. The number of rotatable bonds is 17. The lowest BCUT2D eigenvalue weighted by atomic mass is 10.1. The van der Waals surface area contributed by atoms with Gasteiger partial charge >= 0.3 is 31.1 Å². The van der Waals surface area contributed by atoms with Crippen LogP contribution in [0.3, 0.4) is 0 Å². The number of hydrogen-bond donors (Lipinski definition) is 5. The number of fused-ring (bicyclic) bond motifs is 3. The molecule has 20 nitrogen and oxygen atoms in total. The van der Waals surface area contributed by atoms with E-state index in [1.54, 1.807) is 41.0 Å². The van der Waals surface area contributed by atoms with Crippen molar-refractivity contribution in [1.29, 1.82) is 0 Å². The molecule has 0 radical (unpaired) electrons. The van der Waals surface area contributed by atoms with Crippen molar-refractivity contribution in [3.05, 3.63) is 96.6 Å². The van der Waals surface area contributed by atoms with Crippen LogP contribution in [-0.2, 0) is 62.5 Å². The molecule has 5 aromatic rings. The third kappa shape index (κ3) is 9.71. The van der Waals surface area contributed by atoms with Crippen LogP contribution >= 0.6 is 31.1 Å². The quantitative estimate of drug-likeness (QED) is 0.0691. The van der Waals surface area contributed by atoms with E-state index in [0.29, 0.717) is 40.7 Å². The fourth-order valence-electron chi connectivity index (χ4n) is 6.39. The summed E-state index contributed by atoms with van der Waals surface area (Å²) < 4.78 is 89.1. The second-order valence-corrected chi connectivity index (χ2v) is 19.4. The molecule has 0 spiro atoms. The molecule has 300 valence electrons. The molecule has 2 aliphatic heterocycles. The molecule has 3 aromatic carbocycles. The molecule has 0 aliphatic carbocycles. The van der Waals surface area contributed by atoms with Gasteiger partial charge in [0.2, 0.25) is 0 Å². The Bertz CT molecular complexity index is 2380. The summed E-state index contributed by atoms with van der Waals surface area (Å²) in [5.74, 6) is 0.494. The Morgan fingerprint density at radius 1 is 0.786 bits per heavy atom. The van der Waals surface area contributed by atoms with Crippen LogP contribution in [0.2, 0.25) is 0 Å². The minimum absolute atomic E-state index is 0.260. The number of imidazole rings is 1. The van der Waals surface area contributed by atoms with E-state index in [4.69, 9.17) is 18.7 Å². The lowest BCUT2D eigenvalue weighted by molar-refractivity contribution is -0.149. The first-order valence-electron chi connectivity index (χ1n) is 17.1. The maximum Gasteiger partial charge on any atom is 0.490 e. The highest BCUT2D eigenvalue weighted by atomic mass is 31.3. The number of anilines is 1. The standard InChI is InChI=1S/C32H37N5O15P4/c1-2-15-33-30-27-31(35-19-34-30)37(20-36-27)32-29-28(48-26(49-29)16-21-9-4-3-5-10-21)25(47-32)17-46-54(40,41)51-56(44,45)52-55(42,43)50-53(38,39)18-23-13-8-12-22-11-6-7-14-24(22)23/h3-14,19-20,25-26,28-29,32H,2,15-18H2,1H3,(H,38,39)(H,40,41)(H,42,43)(H,44,45)(H,33,34,35)/t25-,26?,28?,29+,32-/m1/s1. The number of nitrogens with zero attached hydrogens (tertiary/aromatic N) is 4. The largest absolute Gasteiger partial charge is 0.490 e. The van der Waals surface area contributed by atoms with Crippen molar-refractivity contribution in [2.75, 3.05) is 18.5 Å². The zero-order valence-electron chi connectivity index (χ0n) is 29.4. The smallest absolute Gasteiger partial charge is 0.368 e. The molecule has 2 saturated heterocycles. The van der Waals surface area contributed by atoms with Crippen molar-refractivity contribution in [3.8, 4) is 0 Å². The number of phosphoric ester groups is 1. The predicted octanol–water partition coefficient (Wildman–Crippen LogP) is 5.80. The number of aromatic nitrogens is 4. The van der Waals surface area contributed by atoms with Gasteiger partial charge in [0.15, 0.2) is 29.5 Å². The van der Waals surface area contributed by atoms with Gasteiger partial charge in [0.25, 0.3) is 0 Å². The van der Waals surface area contributed by atoms with Crippen LogP contribution in [0.5, 0.6) is 0 Å². The first-order valence-corrected chi connectivity index (χ1v) is 23.3. The van der Waals surface area contributed by atoms with Crippen molar-refractivity contribution in [3.63, 3.8) is 0 Å². The van der Waals surface area contributed by atoms with Gasteiger partial charge in [0, 0.05) is 13.0 Å². The highest BCUT2D eigenvalue weighted by Crippen LogP contribution is 2.72. The Hall–Kier alpha value is -3.25. The summed E-state index contributed by atoms with van der Waals surface area (Å²) in [6.07, 6.45) is -1.45. The number of nitrogens with one attached hydrogen (secondary N) is 1. The van der Waals surface area contributed by atoms with Crippen molar-refractivity contribution < 1.29 is 69.5 Å². The van der Waals surface area contributed by atoms with E-state index < -0.39 is 74.7 Å². The average molecular weight is 856 g/mol. The number of hydrogen-bond acceptors (Lipinski definition) is 15. The monoisotopic (exact) mass is 855 g/mol.